The Morgan fingerprint density at radius 1 is 1.23 bits per heavy atom. The van der Waals surface area contributed by atoms with Crippen molar-refractivity contribution in [2.45, 2.75) is 66.0 Å². The molecule has 1 heterocycles. The molecular formula is C22H36IN2O+. The van der Waals surface area contributed by atoms with Gasteiger partial charge in [0.15, 0.2) is 11.0 Å². The van der Waals surface area contributed by atoms with E-state index in [-0.39, 0.29) is 24.0 Å². The molecule has 3 rings (SSSR count). The first-order valence-corrected chi connectivity index (χ1v) is 10.1. The van der Waals surface area contributed by atoms with Crippen molar-refractivity contribution in [2.24, 2.45) is 24.8 Å². The van der Waals surface area contributed by atoms with E-state index >= 15 is 0 Å². The molecule has 1 aromatic carbocycles. The number of halogens is 1. The summed E-state index contributed by atoms with van der Waals surface area (Å²) in [6, 6.07) is 8.70. The smallest absolute Gasteiger partial charge is 0.256 e. The van der Waals surface area contributed by atoms with Crippen molar-refractivity contribution >= 4 is 35.0 Å². The molecule has 0 aliphatic heterocycles. The number of aryl methyl sites for hydroxylation is 1. The molecule has 146 valence electrons. The number of benzene rings is 1. The quantitative estimate of drug-likeness (QED) is 0.422. The largest absolute Gasteiger partial charge is 0.374 e. The van der Waals surface area contributed by atoms with Crippen LogP contribution in [-0.2, 0) is 24.8 Å². The van der Waals surface area contributed by atoms with E-state index in [1.54, 1.807) is 0 Å². The van der Waals surface area contributed by atoms with Gasteiger partial charge in [-0.2, -0.15) is 0 Å². The Morgan fingerprint density at radius 3 is 2.65 bits per heavy atom. The van der Waals surface area contributed by atoms with E-state index in [0.29, 0.717) is 12.0 Å². The van der Waals surface area contributed by atoms with Gasteiger partial charge in [-0.05, 0) is 42.7 Å². The second-order valence-corrected chi connectivity index (χ2v) is 8.20. The lowest BCUT2D eigenvalue weighted by Gasteiger charge is -2.37. The van der Waals surface area contributed by atoms with Crippen molar-refractivity contribution in [2.75, 3.05) is 6.61 Å². The van der Waals surface area contributed by atoms with Gasteiger partial charge in [-0.25, -0.2) is 9.13 Å². The Hall–Kier alpha value is -0.620. The van der Waals surface area contributed by atoms with Crippen molar-refractivity contribution in [3.63, 3.8) is 0 Å². The summed E-state index contributed by atoms with van der Waals surface area (Å²) >= 11 is 0. The molecule has 0 amide bonds. The van der Waals surface area contributed by atoms with Gasteiger partial charge < -0.3 is 4.74 Å². The maximum atomic E-state index is 6.46. The SMILES string of the molecule is CCc1n(CCOC2C[C@H](C)CC[C@H]2C(C)C)c2ccccc2[n+]1C.I. The van der Waals surface area contributed by atoms with E-state index in [4.69, 9.17) is 4.74 Å². The summed E-state index contributed by atoms with van der Waals surface area (Å²) in [6.45, 7) is 11.1. The lowest BCUT2D eigenvalue weighted by Crippen LogP contribution is -2.35. The first kappa shape index (κ1) is 21.7. The predicted molar refractivity (Wildman–Crippen MR) is 119 cm³/mol. The van der Waals surface area contributed by atoms with Gasteiger partial charge in [-0.3, -0.25) is 0 Å². The number of hydrogen-bond donors (Lipinski definition) is 0. The molecule has 1 fully saturated rings. The van der Waals surface area contributed by atoms with Crippen LogP contribution in [0.1, 0.15) is 52.8 Å². The van der Waals surface area contributed by atoms with Crippen molar-refractivity contribution in [1.82, 2.24) is 4.57 Å². The maximum absolute atomic E-state index is 6.46. The summed E-state index contributed by atoms with van der Waals surface area (Å²) in [4.78, 5) is 0. The molecule has 1 unspecified atom stereocenters. The molecule has 1 aliphatic carbocycles. The number of ether oxygens (including phenoxy) is 1. The standard InChI is InChI=1S/C22H35N2O.HI/c1-6-22-23(5)19-9-7-8-10-20(19)24(22)13-14-25-21-15-17(4)11-12-18(21)16(2)3;/h7-10,16-18,21H,6,11-15H2,1-5H3;1H/q+1;/t17-,18+,21?;/m1./s1. The van der Waals surface area contributed by atoms with Crippen LogP contribution < -0.4 is 4.57 Å². The van der Waals surface area contributed by atoms with E-state index in [1.165, 1.54) is 36.1 Å². The average Bonchev–Trinajstić information content (AvgIpc) is 2.87. The van der Waals surface area contributed by atoms with E-state index in [2.05, 4.69) is 68.1 Å². The zero-order valence-corrected chi connectivity index (χ0v) is 19.4. The summed E-state index contributed by atoms with van der Waals surface area (Å²) < 4.78 is 11.2. The second-order valence-electron chi connectivity index (χ2n) is 8.20. The van der Waals surface area contributed by atoms with Crippen LogP contribution in [0.4, 0.5) is 0 Å². The summed E-state index contributed by atoms with van der Waals surface area (Å²) in [5.41, 5.74) is 2.63. The van der Waals surface area contributed by atoms with Gasteiger partial charge in [0.1, 0.15) is 6.54 Å². The fourth-order valence-electron chi connectivity index (χ4n) is 4.71. The van der Waals surface area contributed by atoms with Gasteiger partial charge in [-0.15, -0.1) is 24.0 Å². The normalized spacial score (nSPS) is 23.4. The first-order chi connectivity index (χ1) is 12.0. The van der Waals surface area contributed by atoms with Crippen LogP contribution in [0.3, 0.4) is 0 Å². The Morgan fingerprint density at radius 2 is 1.96 bits per heavy atom. The molecule has 1 aromatic heterocycles. The Balaban J connectivity index is 0.00000243. The molecular weight excluding hydrogens is 435 g/mol. The summed E-state index contributed by atoms with van der Waals surface area (Å²) in [7, 11) is 2.18. The number of nitrogens with zero attached hydrogens (tertiary/aromatic N) is 2. The van der Waals surface area contributed by atoms with Gasteiger partial charge in [-0.1, -0.05) is 46.2 Å². The fourth-order valence-corrected chi connectivity index (χ4v) is 4.71. The van der Waals surface area contributed by atoms with Crippen molar-refractivity contribution < 1.29 is 9.30 Å². The van der Waals surface area contributed by atoms with Crippen LogP contribution in [0.25, 0.3) is 11.0 Å². The zero-order valence-electron chi connectivity index (χ0n) is 17.1. The number of aromatic nitrogens is 2. The number of para-hydroxylation sites is 2. The number of imidazole rings is 1. The van der Waals surface area contributed by atoms with E-state index in [0.717, 1.165) is 31.4 Å². The lowest BCUT2D eigenvalue weighted by molar-refractivity contribution is -0.653. The molecule has 0 spiro atoms. The topological polar surface area (TPSA) is 18.0 Å². The second kappa shape index (κ2) is 9.54. The molecule has 0 bridgehead atoms. The Kier molecular flexibility index (Phi) is 7.95. The van der Waals surface area contributed by atoms with Crippen LogP contribution in [0, 0.1) is 17.8 Å². The number of rotatable bonds is 6. The fraction of sp³-hybridized carbons (Fsp3) is 0.682. The molecule has 3 nitrogen and oxygen atoms in total. The Labute approximate surface area is 176 Å². The summed E-state index contributed by atoms with van der Waals surface area (Å²) in [5, 5.41) is 0. The molecule has 26 heavy (non-hydrogen) atoms. The van der Waals surface area contributed by atoms with Crippen LogP contribution >= 0.6 is 24.0 Å². The van der Waals surface area contributed by atoms with Crippen molar-refractivity contribution in [1.29, 1.82) is 0 Å². The number of hydrogen-bond acceptors (Lipinski definition) is 1. The van der Waals surface area contributed by atoms with Gasteiger partial charge in [0.05, 0.1) is 19.8 Å². The van der Waals surface area contributed by atoms with E-state index < -0.39 is 0 Å². The lowest BCUT2D eigenvalue weighted by atomic mass is 9.75. The van der Waals surface area contributed by atoms with Crippen LogP contribution in [-0.4, -0.2) is 17.3 Å². The first-order valence-electron chi connectivity index (χ1n) is 10.1. The van der Waals surface area contributed by atoms with Crippen LogP contribution in [0.2, 0.25) is 0 Å². The van der Waals surface area contributed by atoms with Gasteiger partial charge in [0, 0.05) is 6.42 Å². The molecule has 4 heteroatoms. The highest BCUT2D eigenvalue weighted by Gasteiger charge is 2.31. The molecule has 0 saturated heterocycles. The minimum absolute atomic E-state index is 0. The molecule has 1 aliphatic rings. The van der Waals surface area contributed by atoms with E-state index in [9.17, 15) is 0 Å². The van der Waals surface area contributed by atoms with Crippen molar-refractivity contribution in [3.8, 4) is 0 Å². The summed E-state index contributed by atoms with van der Waals surface area (Å²) in [5.74, 6) is 3.62. The third-order valence-electron chi connectivity index (χ3n) is 6.16. The highest BCUT2D eigenvalue weighted by molar-refractivity contribution is 14.0. The minimum atomic E-state index is 0. The third-order valence-corrected chi connectivity index (χ3v) is 6.16. The Bertz CT molecular complexity index is 709. The van der Waals surface area contributed by atoms with Gasteiger partial charge in [0.2, 0.25) is 0 Å². The maximum Gasteiger partial charge on any atom is 0.256 e. The molecule has 2 aromatic rings. The van der Waals surface area contributed by atoms with Gasteiger partial charge in [0.25, 0.3) is 5.82 Å². The molecule has 1 saturated carbocycles. The summed E-state index contributed by atoms with van der Waals surface area (Å²) in [6.07, 6.45) is 5.39. The van der Waals surface area contributed by atoms with Crippen LogP contribution in [0.15, 0.2) is 24.3 Å². The molecule has 0 radical (unpaired) electrons. The highest BCUT2D eigenvalue weighted by atomic mass is 127. The predicted octanol–water partition coefficient (Wildman–Crippen LogP) is 5.12. The van der Waals surface area contributed by atoms with Crippen LogP contribution in [0.5, 0.6) is 0 Å². The van der Waals surface area contributed by atoms with Gasteiger partial charge >= 0.3 is 0 Å². The molecule has 3 atom stereocenters. The van der Waals surface area contributed by atoms with Crippen molar-refractivity contribution in [3.05, 3.63) is 30.1 Å². The molecule has 0 N–H and O–H groups in total. The number of fused-ring (bicyclic) bond motifs is 1. The zero-order chi connectivity index (χ0) is 18.0. The third kappa shape index (κ3) is 4.44. The minimum Gasteiger partial charge on any atom is -0.374 e. The monoisotopic (exact) mass is 471 g/mol. The highest BCUT2D eigenvalue weighted by Crippen LogP contribution is 2.35. The van der Waals surface area contributed by atoms with E-state index in [1.807, 2.05) is 0 Å². The average molecular weight is 471 g/mol.